The average molecular weight is 496 g/mol. The van der Waals surface area contributed by atoms with Gasteiger partial charge in [0.1, 0.15) is 18.1 Å². The zero-order valence-corrected chi connectivity index (χ0v) is 19.7. The van der Waals surface area contributed by atoms with Gasteiger partial charge in [0.2, 0.25) is 5.95 Å². The van der Waals surface area contributed by atoms with Crippen LogP contribution in [0.5, 0.6) is 5.75 Å². The summed E-state index contributed by atoms with van der Waals surface area (Å²) >= 11 is 19.3. The minimum atomic E-state index is -0.477. The van der Waals surface area contributed by atoms with Crippen LogP contribution >= 0.6 is 34.8 Å². The average Bonchev–Trinajstić information content (AvgIpc) is 3.27. The molecule has 2 aliphatic rings. The fourth-order valence-electron chi connectivity index (χ4n) is 4.48. The second-order valence-electron chi connectivity index (χ2n) is 8.10. The van der Waals surface area contributed by atoms with Crippen LogP contribution in [0.1, 0.15) is 34.4 Å². The Hall–Kier alpha value is -2.99. The minimum Gasteiger partial charge on any atom is -0.480 e. The molecule has 0 amide bonds. The van der Waals surface area contributed by atoms with Gasteiger partial charge in [-0.15, -0.1) is 0 Å². The Kier molecular flexibility index (Phi) is 4.87. The van der Waals surface area contributed by atoms with Gasteiger partial charge in [0.15, 0.2) is 6.10 Å². The fraction of sp³-hybridized carbons (Fsp3) is 0.120. The van der Waals surface area contributed by atoms with E-state index in [-0.39, 0.29) is 6.04 Å². The highest BCUT2D eigenvalue weighted by molar-refractivity contribution is 6.35. The van der Waals surface area contributed by atoms with E-state index in [0.29, 0.717) is 26.8 Å². The van der Waals surface area contributed by atoms with E-state index in [4.69, 9.17) is 39.5 Å². The number of halogens is 3. The first kappa shape index (κ1) is 20.6. The molecule has 1 N–H and O–H groups in total. The Balaban J connectivity index is 1.65. The molecule has 2 aliphatic heterocycles. The van der Waals surface area contributed by atoms with Crippen molar-refractivity contribution in [2.24, 2.45) is 0 Å². The van der Waals surface area contributed by atoms with Crippen LogP contribution < -0.4 is 10.1 Å². The maximum atomic E-state index is 6.68. The van der Waals surface area contributed by atoms with Gasteiger partial charge in [0.25, 0.3) is 0 Å². The number of anilines is 1. The molecular weight excluding hydrogens is 479 g/mol. The zero-order valence-electron chi connectivity index (χ0n) is 17.4. The Morgan fingerprint density at radius 2 is 1.70 bits per heavy atom. The van der Waals surface area contributed by atoms with Crippen molar-refractivity contribution < 1.29 is 4.74 Å². The van der Waals surface area contributed by atoms with E-state index in [1.807, 2.05) is 35.0 Å². The van der Waals surface area contributed by atoms with Crippen molar-refractivity contribution in [3.63, 3.8) is 0 Å². The number of aryl methyl sites for hydroxylation is 1. The van der Waals surface area contributed by atoms with Crippen LogP contribution in [0.2, 0.25) is 15.1 Å². The molecule has 33 heavy (non-hydrogen) atoms. The highest BCUT2D eigenvalue weighted by Gasteiger charge is 2.41. The summed E-state index contributed by atoms with van der Waals surface area (Å²) in [5.74, 6) is 1.35. The van der Waals surface area contributed by atoms with Crippen molar-refractivity contribution >= 4 is 46.4 Å². The normalized spacial score (nSPS) is 18.7. The lowest BCUT2D eigenvalue weighted by Gasteiger charge is -2.39. The van der Waals surface area contributed by atoms with Gasteiger partial charge in [0, 0.05) is 31.8 Å². The molecule has 8 heteroatoms. The molecule has 0 bridgehead atoms. The lowest BCUT2D eigenvalue weighted by Crippen LogP contribution is -2.32. The first-order chi connectivity index (χ1) is 16.0. The van der Waals surface area contributed by atoms with Crippen LogP contribution in [-0.4, -0.2) is 14.8 Å². The summed E-state index contributed by atoms with van der Waals surface area (Å²) in [6.07, 6.45) is 1.07. The third kappa shape index (κ3) is 3.39. The van der Waals surface area contributed by atoms with Gasteiger partial charge in [-0.25, -0.2) is 4.68 Å². The number of ether oxygens (including phenoxy) is 1. The maximum Gasteiger partial charge on any atom is 0.226 e. The first-order valence-corrected chi connectivity index (χ1v) is 11.5. The number of aromatic nitrogens is 3. The molecule has 0 saturated heterocycles. The van der Waals surface area contributed by atoms with Crippen LogP contribution in [0.25, 0.3) is 5.70 Å². The molecule has 164 valence electrons. The molecule has 4 aromatic rings. The molecule has 0 spiro atoms. The van der Waals surface area contributed by atoms with E-state index in [9.17, 15) is 0 Å². The van der Waals surface area contributed by atoms with Crippen molar-refractivity contribution in [3.05, 3.63) is 110 Å². The summed E-state index contributed by atoms with van der Waals surface area (Å²) in [6.45, 7) is 2.07. The van der Waals surface area contributed by atoms with E-state index in [1.54, 1.807) is 12.4 Å². The predicted octanol–water partition coefficient (Wildman–Crippen LogP) is 7.11. The van der Waals surface area contributed by atoms with Gasteiger partial charge >= 0.3 is 0 Å². The fourth-order valence-corrected chi connectivity index (χ4v) is 5.16. The first-order valence-electron chi connectivity index (χ1n) is 10.4. The molecule has 5 nitrogen and oxygen atoms in total. The lowest BCUT2D eigenvalue weighted by atomic mass is 9.84. The van der Waals surface area contributed by atoms with E-state index >= 15 is 0 Å². The summed E-state index contributed by atoms with van der Waals surface area (Å²) in [4.78, 5) is 4.45. The lowest BCUT2D eigenvalue weighted by molar-refractivity contribution is 0.223. The second kappa shape index (κ2) is 7.80. The number of nitrogens with one attached hydrogen (secondary N) is 1. The van der Waals surface area contributed by atoms with Gasteiger partial charge in [-0.2, -0.15) is 10.1 Å². The van der Waals surface area contributed by atoms with Gasteiger partial charge < -0.3 is 10.1 Å². The van der Waals surface area contributed by atoms with Crippen molar-refractivity contribution in [2.45, 2.75) is 19.1 Å². The monoisotopic (exact) mass is 494 g/mol. The summed E-state index contributed by atoms with van der Waals surface area (Å²) < 4.78 is 8.46. The molecule has 0 fully saturated rings. The summed E-state index contributed by atoms with van der Waals surface area (Å²) in [7, 11) is 0. The predicted molar refractivity (Wildman–Crippen MR) is 131 cm³/mol. The topological polar surface area (TPSA) is 52.0 Å². The van der Waals surface area contributed by atoms with Crippen molar-refractivity contribution in [1.82, 2.24) is 14.8 Å². The molecule has 2 atom stereocenters. The molecule has 1 aromatic heterocycles. The molecular formula is C25H17Cl3N4O. The standard InChI is InChI=1S/C25H17Cl3N4O/c1-13-2-4-14(5-3-13)23-21-22(31-25-29-12-30-32(23)25)18-10-15(26)7-9-20(18)33-24(21)17-8-6-16(27)11-19(17)28/h2-12,23-24H,1H3,(H,29,30,31)/t23-,24+/m0/s1. The van der Waals surface area contributed by atoms with Crippen molar-refractivity contribution in [2.75, 3.05) is 5.32 Å². The molecule has 6 rings (SSSR count). The van der Waals surface area contributed by atoms with Crippen LogP contribution in [0.15, 0.2) is 72.6 Å². The largest absolute Gasteiger partial charge is 0.480 e. The van der Waals surface area contributed by atoms with Gasteiger partial charge in [0.05, 0.1) is 5.70 Å². The Bertz CT molecular complexity index is 1430. The van der Waals surface area contributed by atoms with Gasteiger partial charge in [-0.1, -0.05) is 70.7 Å². The molecule has 3 aromatic carbocycles. The molecule has 0 radical (unpaired) electrons. The van der Waals surface area contributed by atoms with E-state index in [0.717, 1.165) is 28.0 Å². The van der Waals surface area contributed by atoms with E-state index in [1.165, 1.54) is 5.56 Å². The highest BCUT2D eigenvalue weighted by atomic mass is 35.5. The number of hydrogen-bond donors (Lipinski definition) is 1. The number of benzene rings is 3. The number of nitrogens with zero attached hydrogens (tertiary/aromatic N) is 3. The third-order valence-corrected chi connectivity index (χ3v) is 6.81. The van der Waals surface area contributed by atoms with Crippen molar-refractivity contribution in [3.8, 4) is 5.75 Å². The quantitative estimate of drug-likeness (QED) is 0.322. The van der Waals surface area contributed by atoms with E-state index in [2.05, 4.69) is 46.6 Å². The smallest absolute Gasteiger partial charge is 0.226 e. The van der Waals surface area contributed by atoms with E-state index < -0.39 is 6.10 Å². The molecule has 0 aliphatic carbocycles. The van der Waals surface area contributed by atoms with Crippen LogP contribution in [-0.2, 0) is 0 Å². The summed E-state index contributed by atoms with van der Waals surface area (Å²) in [6, 6.07) is 19.2. The van der Waals surface area contributed by atoms with Crippen LogP contribution in [0, 0.1) is 6.92 Å². The van der Waals surface area contributed by atoms with Crippen LogP contribution in [0.4, 0.5) is 5.95 Å². The third-order valence-electron chi connectivity index (χ3n) is 6.01. The summed E-state index contributed by atoms with van der Waals surface area (Å²) in [5.41, 5.74) is 5.78. The second-order valence-corrected chi connectivity index (χ2v) is 9.38. The van der Waals surface area contributed by atoms with Crippen LogP contribution in [0.3, 0.4) is 0 Å². The Morgan fingerprint density at radius 3 is 2.48 bits per heavy atom. The molecule has 0 unspecified atom stereocenters. The van der Waals surface area contributed by atoms with Gasteiger partial charge in [-0.05, 0) is 42.8 Å². The number of fused-ring (bicyclic) bond motifs is 3. The highest BCUT2D eigenvalue weighted by Crippen LogP contribution is 2.52. The molecule has 0 saturated carbocycles. The van der Waals surface area contributed by atoms with Gasteiger partial charge in [-0.3, -0.25) is 0 Å². The van der Waals surface area contributed by atoms with Crippen molar-refractivity contribution in [1.29, 1.82) is 0 Å². The zero-order chi connectivity index (χ0) is 22.7. The number of hydrogen-bond acceptors (Lipinski definition) is 4. The number of rotatable bonds is 2. The molecule has 3 heterocycles. The maximum absolute atomic E-state index is 6.68. The Labute approximate surface area is 205 Å². The SMILES string of the molecule is Cc1ccc([C@H]2C3=C(Nc4ncnn42)c2cc(Cl)ccc2O[C@@H]3c2ccc(Cl)cc2Cl)cc1. The summed E-state index contributed by atoms with van der Waals surface area (Å²) in [5, 5.41) is 9.72. The minimum absolute atomic E-state index is 0.261. The Morgan fingerprint density at radius 1 is 0.939 bits per heavy atom.